The second-order valence-electron chi connectivity index (χ2n) is 2.45. The Bertz CT molecular complexity index is 217. The van der Waals surface area contributed by atoms with Crippen LogP contribution in [0.4, 0.5) is 0 Å². The Morgan fingerprint density at radius 1 is 1.58 bits per heavy atom. The van der Waals surface area contributed by atoms with Gasteiger partial charge in [-0.2, -0.15) is 5.11 Å². The van der Waals surface area contributed by atoms with Crippen LogP contribution in [0.25, 0.3) is 0 Å². The molecule has 12 heavy (non-hydrogen) atoms. The van der Waals surface area contributed by atoms with E-state index in [1.165, 1.54) is 0 Å². The van der Waals surface area contributed by atoms with Gasteiger partial charge in [0.2, 0.25) is 0 Å². The second kappa shape index (κ2) is 5.52. The molecular weight excluding hydrogens is 152 g/mol. The van der Waals surface area contributed by atoms with Gasteiger partial charge in [-0.05, 0) is 31.9 Å². The predicted molar refractivity (Wildman–Crippen MR) is 48.9 cm³/mol. The lowest BCUT2D eigenvalue weighted by atomic mass is 10.1. The Labute approximate surface area is 73.6 Å². The highest BCUT2D eigenvalue weighted by atomic mass is 16.5. The Morgan fingerprint density at radius 3 is 2.42 bits per heavy atom. The van der Waals surface area contributed by atoms with Crippen LogP contribution in [0.15, 0.2) is 28.2 Å². The maximum Gasteiger partial charge on any atom is 0.142 e. The van der Waals surface area contributed by atoms with E-state index in [1.54, 1.807) is 7.11 Å². The number of nitrogens with zero attached hydrogens (tertiary/aromatic N) is 1. The second-order valence-corrected chi connectivity index (χ2v) is 2.45. The lowest BCUT2D eigenvalue weighted by Crippen LogP contribution is -1.92. The van der Waals surface area contributed by atoms with Gasteiger partial charge in [-0.3, -0.25) is 0 Å². The molecule has 0 radical (unpaired) electrons. The molecule has 0 heterocycles. The topological polar surface area (TPSA) is 45.4 Å². The van der Waals surface area contributed by atoms with Crippen molar-refractivity contribution >= 4 is 0 Å². The first-order valence-electron chi connectivity index (χ1n) is 3.99. The highest BCUT2D eigenvalue weighted by molar-refractivity contribution is 5.28. The van der Waals surface area contributed by atoms with E-state index in [-0.39, 0.29) is 0 Å². The SMILES string of the molecule is C/C=C(OC)\C(N=N)=C(\C)CC. The summed E-state index contributed by atoms with van der Waals surface area (Å²) in [5.74, 6) is 0.671. The Morgan fingerprint density at radius 2 is 2.17 bits per heavy atom. The van der Waals surface area contributed by atoms with E-state index in [2.05, 4.69) is 5.11 Å². The number of allylic oxidation sites excluding steroid dienone is 2. The highest BCUT2D eigenvalue weighted by Crippen LogP contribution is 2.18. The average Bonchev–Trinajstić information content (AvgIpc) is 2.12. The molecule has 0 saturated heterocycles. The Balaban J connectivity index is 4.89. The molecule has 0 saturated carbocycles. The molecule has 0 atom stereocenters. The number of methoxy groups -OCH3 is 1. The van der Waals surface area contributed by atoms with Gasteiger partial charge in [-0.25, -0.2) is 5.53 Å². The van der Waals surface area contributed by atoms with E-state index >= 15 is 0 Å². The molecule has 0 unspecified atom stereocenters. The third-order valence-electron chi connectivity index (χ3n) is 1.76. The van der Waals surface area contributed by atoms with Gasteiger partial charge in [-0.1, -0.05) is 6.92 Å². The fourth-order valence-corrected chi connectivity index (χ4v) is 0.880. The van der Waals surface area contributed by atoms with Gasteiger partial charge in [-0.15, -0.1) is 0 Å². The third-order valence-corrected chi connectivity index (χ3v) is 1.76. The van der Waals surface area contributed by atoms with Crippen molar-refractivity contribution in [2.45, 2.75) is 27.2 Å². The normalized spacial score (nSPS) is 13.8. The zero-order valence-corrected chi connectivity index (χ0v) is 8.14. The van der Waals surface area contributed by atoms with E-state index in [9.17, 15) is 0 Å². The molecule has 0 bridgehead atoms. The molecule has 0 aromatic heterocycles. The minimum atomic E-state index is 0.641. The van der Waals surface area contributed by atoms with Crippen LogP contribution in [0.1, 0.15) is 27.2 Å². The summed E-state index contributed by atoms with van der Waals surface area (Å²) in [6, 6.07) is 0. The Kier molecular flexibility index (Phi) is 5.00. The average molecular weight is 168 g/mol. The molecule has 0 aromatic rings. The van der Waals surface area contributed by atoms with Crippen molar-refractivity contribution in [1.29, 1.82) is 5.53 Å². The first-order chi connectivity index (χ1) is 5.71. The molecule has 3 heteroatoms. The first-order valence-corrected chi connectivity index (χ1v) is 3.99. The van der Waals surface area contributed by atoms with Crippen molar-refractivity contribution in [2.75, 3.05) is 7.11 Å². The summed E-state index contributed by atoms with van der Waals surface area (Å²) in [7, 11) is 1.59. The van der Waals surface area contributed by atoms with Crippen molar-refractivity contribution in [1.82, 2.24) is 0 Å². The number of rotatable bonds is 4. The minimum absolute atomic E-state index is 0.641. The molecule has 0 aliphatic carbocycles. The molecular formula is C9H16N2O. The number of hydrogen-bond acceptors (Lipinski definition) is 3. The first kappa shape index (κ1) is 10.9. The molecule has 0 aliphatic heterocycles. The minimum Gasteiger partial charge on any atom is -0.495 e. The summed E-state index contributed by atoms with van der Waals surface area (Å²) >= 11 is 0. The molecule has 68 valence electrons. The maximum absolute atomic E-state index is 6.98. The summed E-state index contributed by atoms with van der Waals surface area (Å²) in [5, 5.41) is 3.44. The fraction of sp³-hybridized carbons (Fsp3) is 0.556. The summed E-state index contributed by atoms with van der Waals surface area (Å²) in [6.07, 6.45) is 2.70. The van der Waals surface area contributed by atoms with Crippen molar-refractivity contribution in [2.24, 2.45) is 5.11 Å². The largest absolute Gasteiger partial charge is 0.495 e. The van der Waals surface area contributed by atoms with Gasteiger partial charge in [0.15, 0.2) is 0 Å². The van der Waals surface area contributed by atoms with Crippen LogP contribution in [-0.4, -0.2) is 7.11 Å². The summed E-state index contributed by atoms with van der Waals surface area (Å²) in [4.78, 5) is 0. The van der Waals surface area contributed by atoms with E-state index in [0.717, 1.165) is 12.0 Å². The molecule has 3 nitrogen and oxygen atoms in total. The molecule has 0 aliphatic rings. The van der Waals surface area contributed by atoms with Crippen LogP contribution in [0, 0.1) is 5.53 Å². The lowest BCUT2D eigenvalue weighted by molar-refractivity contribution is 0.297. The van der Waals surface area contributed by atoms with Crippen LogP contribution >= 0.6 is 0 Å². The molecule has 0 aromatic carbocycles. The third kappa shape index (κ3) is 2.49. The lowest BCUT2D eigenvalue weighted by Gasteiger charge is -2.07. The van der Waals surface area contributed by atoms with Crippen molar-refractivity contribution < 1.29 is 4.74 Å². The number of ether oxygens (including phenoxy) is 1. The van der Waals surface area contributed by atoms with Crippen molar-refractivity contribution in [3.05, 3.63) is 23.1 Å². The van der Waals surface area contributed by atoms with Gasteiger partial charge in [0.25, 0.3) is 0 Å². The summed E-state index contributed by atoms with van der Waals surface area (Å²) < 4.78 is 5.06. The fourth-order valence-electron chi connectivity index (χ4n) is 0.880. The zero-order chi connectivity index (χ0) is 9.56. The summed E-state index contributed by atoms with van der Waals surface area (Å²) in [5.41, 5.74) is 8.69. The van der Waals surface area contributed by atoms with E-state index in [1.807, 2.05) is 26.8 Å². The Hall–Kier alpha value is -1.12. The van der Waals surface area contributed by atoms with Crippen LogP contribution in [0.2, 0.25) is 0 Å². The zero-order valence-electron chi connectivity index (χ0n) is 8.14. The van der Waals surface area contributed by atoms with Crippen LogP contribution in [-0.2, 0) is 4.74 Å². The van der Waals surface area contributed by atoms with Gasteiger partial charge >= 0.3 is 0 Å². The number of nitrogens with one attached hydrogen (secondary N) is 1. The molecule has 0 fully saturated rings. The summed E-state index contributed by atoms with van der Waals surface area (Å²) in [6.45, 7) is 5.85. The molecule has 0 amide bonds. The predicted octanol–water partition coefficient (Wildman–Crippen LogP) is 3.25. The molecule has 0 spiro atoms. The van der Waals surface area contributed by atoms with Gasteiger partial charge in [0, 0.05) is 0 Å². The maximum atomic E-state index is 6.98. The van der Waals surface area contributed by atoms with Crippen LogP contribution in [0.3, 0.4) is 0 Å². The van der Waals surface area contributed by atoms with Gasteiger partial charge in [0.05, 0.1) is 7.11 Å². The quantitative estimate of drug-likeness (QED) is 0.391. The van der Waals surface area contributed by atoms with Gasteiger partial charge < -0.3 is 4.74 Å². The van der Waals surface area contributed by atoms with Crippen LogP contribution in [0.5, 0.6) is 0 Å². The molecule has 0 rings (SSSR count). The molecule has 1 N–H and O–H groups in total. The van der Waals surface area contributed by atoms with E-state index in [4.69, 9.17) is 10.3 Å². The standard InChI is InChI=1S/C9H16N2O/c1-5-7(3)9(11-10)8(6-2)12-4/h6,10H,5H2,1-4H3/b8-6+,9-7+,11-10?. The van der Waals surface area contributed by atoms with Crippen LogP contribution < -0.4 is 0 Å². The van der Waals surface area contributed by atoms with Crippen molar-refractivity contribution in [3.63, 3.8) is 0 Å². The van der Waals surface area contributed by atoms with E-state index < -0.39 is 0 Å². The van der Waals surface area contributed by atoms with E-state index in [0.29, 0.717) is 11.5 Å². The monoisotopic (exact) mass is 168 g/mol. The smallest absolute Gasteiger partial charge is 0.142 e. The van der Waals surface area contributed by atoms with Crippen molar-refractivity contribution in [3.8, 4) is 0 Å². The van der Waals surface area contributed by atoms with Gasteiger partial charge in [0.1, 0.15) is 11.5 Å². The number of hydrogen-bond donors (Lipinski definition) is 1. The highest BCUT2D eigenvalue weighted by Gasteiger charge is 2.05.